The third kappa shape index (κ3) is 7.19. The lowest BCUT2D eigenvalue weighted by Gasteiger charge is -2.24. The predicted molar refractivity (Wildman–Crippen MR) is 121 cm³/mol. The minimum absolute atomic E-state index is 0.0667. The summed E-state index contributed by atoms with van der Waals surface area (Å²) >= 11 is 0. The molecule has 0 bridgehead atoms. The lowest BCUT2D eigenvalue weighted by molar-refractivity contribution is -0.385. The van der Waals surface area contributed by atoms with E-state index in [0.717, 1.165) is 5.56 Å². The van der Waals surface area contributed by atoms with Crippen molar-refractivity contribution in [1.82, 2.24) is 10.2 Å². The molecule has 0 saturated heterocycles. The van der Waals surface area contributed by atoms with Crippen molar-refractivity contribution in [3.05, 3.63) is 69.3 Å². The van der Waals surface area contributed by atoms with Crippen molar-refractivity contribution in [2.45, 2.75) is 27.7 Å². The van der Waals surface area contributed by atoms with Crippen molar-refractivity contribution in [2.75, 3.05) is 25.0 Å². The van der Waals surface area contributed by atoms with Gasteiger partial charge in [-0.15, -0.1) is 0 Å². The number of rotatable bonds is 9. The number of nitro groups is 1. The Balaban J connectivity index is 2.01. The zero-order valence-corrected chi connectivity index (χ0v) is 18.7. The van der Waals surface area contributed by atoms with E-state index in [1.54, 1.807) is 19.1 Å². The molecule has 0 aliphatic heterocycles. The molecule has 0 atom stereocenters. The predicted octanol–water partition coefficient (Wildman–Crippen LogP) is 3.06. The zero-order chi connectivity index (χ0) is 23.8. The molecule has 32 heavy (non-hydrogen) atoms. The van der Waals surface area contributed by atoms with E-state index < -0.39 is 22.6 Å². The molecule has 2 aromatic carbocycles. The van der Waals surface area contributed by atoms with Crippen LogP contribution in [0.1, 0.15) is 35.3 Å². The summed E-state index contributed by atoms with van der Waals surface area (Å²) in [5, 5.41) is 16.4. The molecule has 0 unspecified atom stereocenters. The van der Waals surface area contributed by atoms with Gasteiger partial charge in [-0.25, -0.2) is 0 Å². The number of nitrogens with zero attached hydrogens (tertiary/aromatic N) is 2. The number of carbonyl (C=O) groups is 3. The van der Waals surface area contributed by atoms with Gasteiger partial charge >= 0.3 is 0 Å². The second-order valence-electron chi connectivity index (χ2n) is 8.03. The van der Waals surface area contributed by atoms with Crippen molar-refractivity contribution in [3.8, 4) is 0 Å². The summed E-state index contributed by atoms with van der Waals surface area (Å²) in [4.78, 5) is 49.4. The van der Waals surface area contributed by atoms with Gasteiger partial charge in [0, 0.05) is 29.4 Å². The van der Waals surface area contributed by atoms with Gasteiger partial charge in [-0.05, 0) is 38.0 Å². The molecule has 3 amide bonds. The second-order valence-corrected chi connectivity index (χ2v) is 8.03. The van der Waals surface area contributed by atoms with Crippen molar-refractivity contribution in [1.29, 1.82) is 0 Å². The fraction of sp³-hybridized carbons (Fsp3) is 0.348. The third-order valence-corrected chi connectivity index (χ3v) is 4.64. The first-order chi connectivity index (χ1) is 15.1. The lowest BCUT2D eigenvalue weighted by atomic mass is 10.1. The summed E-state index contributed by atoms with van der Waals surface area (Å²) in [5.41, 5.74) is 2.10. The lowest BCUT2D eigenvalue weighted by Crippen LogP contribution is -2.44. The molecule has 0 radical (unpaired) electrons. The van der Waals surface area contributed by atoms with Crippen LogP contribution in [0.5, 0.6) is 0 Å². The number of nitrogens with one attached hydrogen (secondary N) is 2. The van der Waals surface area contributed by atoms with Crippen LogP contribution >= 0.6 is 0 Å². The number of hydrogen-bond acceptors (Lipinski definition) is 5. The molecule has 9 nitrogen and oxygen atoms in total. The van der Waals surface area contributed by atoms with Gasteiger partial charge in [0.2, 0.25) is 11.8 Å². The Morgan fingerprint density at radius 2 is 1.69 bits per heavy atom. The topological polar surface area (TPSA) is 122 Å². The maximum absolute atomic E-state index is 13.0. The maximum atomic E-state index is 13.0. The summed E-state index contributed by atoms with van der Waals surface area (Å²) in [7, 11) is 0. The molecule has 2 N–H and O–H groups in total. The zero-order valence-electron chi connectivity index (χ0n) is 18.7. The number of amides is 3. The van der Waals surface area contributed by atoms with Gasteiger partial charge in [-0.3, -0.25) is 24.5 Å². The summed E-state index contributed by atoms with van der Waals surface area (Å²) in [6.07, 6.45) is 0. The smallest absolute Gasteiger partial charge is 0.273 e. The molecule has 9 heteroatoms. The highest BCUT2D eigenvalue weighted by Crippen LogP contribution is 2.20. The highest BCUT2D eigenvalue weighted by atomic mass is 16.6. The number of carbonyl (C=O) groups excluding carboxylic acids is 3. The molecule has 0 fully saturated rings. The van der Waals surface area contributed by atoms with Gasteiger partial charge < -0.3 is 15.5 Å². The van der Waals surface area contributed by atoms with Crippen LogP contribution in [0.4, 0.5) is 11.4 Å². The summed E-state index contributed by atoms with van der Waals surface area (Å²) in [6, 6.07) is 11.5. The molecule has 0 spiro atoms. The number of anilines is 1. The van der Waals surface area contributed by atoms with Gasteiger partial charge in [0.1, 0.15) is 0 Å². The molecule has 0 aliphatic rings. The number of hydrogen-bond donors (Lipinski definition) is 2. The molecule has 0 heterocycles. The fourth-order valence-electron chi connectivity index (χ4n) is 3.03. The van der Waals surface area contributed by atoms with Gasteiger partial charge in [0.15, 0.2) is 0 Å². The van der Waals surface area contributed by atoms with Crippen LogP contribution in [-0.2, 0) is 9.59 Å². The van der Waals surface area contributed by atoms with Crippen LogP contribution in [0.3, 0.4) is 0 Å². The molecular formula is C23H28N4O5. The van der Waals surface area contributed by atoms with Crippen molar-refractivity contribution >= 4 is 29.1 Å². The Morgan fingerprint density at radius 1 is 1.03 bits per heavy atom. The Kier molecular flexibility index (Phi) is 8.46. The van der Waals surface area contributed by atoms with Crippen LogP contribution in [0.25, 0.3) is 0 Å². The van der Waals surface area contributed by atoms with E-state index in [0.29, 0.717) is 11.3 Å². The van der Waals surface area contributed by atoms with Crippen LogP contribution < -0.4 is 10.6 Å². The number of nitro benzene ring substituents is 1. The highest BCUT2D eigenvalue weighted by Gasteiger charge is 2.23. The van der Waals surface area contributed by atoms with E-state index in [4.69, 9.17) is 0 Å². The summed E-state index contributed by atoms with van der Waals surface area (Å²) in [6.45, 7) is 7.08. The quantitative estimate of drug-likeness (QED) is 0.458. The summed E-state index contributed by atoms with van der Waals surface area (Å²) in [5.74, 6) is -1.31. The molecule has 2 rings (SSSR count). The largest absolute Gasteiger partial charge is 0.345 e. The molecule has 2 aromatic rings. The monoisotopic (exact) mass is 440 g/mol. The van der Waals surface area contributed by atoms with Gasteiger partial charge in [-0.1, -0.05) is 37.6 Å². The third-order valence-electron chi connectivity index (χ3n) is 4.64. The fourth-order valence-corrected chi connectivity index (χ4v) is 3.03. The Labute approximate surface area is 186 Å². The van der Waals surface area contributed by atoms with E-state index in [-0.39, 0.29) is 36.8 Å². The minimum Gasteiger partial charge on any atom is -0.345 e. The van der Waals surface area contributed by atoms with Crippen LogP contribution in [-0.4, -0.2) is 47.2 Å². The minimum atomic E-state index is -0.543. The Bertz CT molecular complexity index is 1000. The average Bonchev–Trinajstić information content (AvgIpc) is 2.73. The average molecular weight is 441 g/mol. The highest BCUT2D eigenvalue weighted by molar-refractivity contribution is 5.98. The van der Waals surface area contributed by atoms with E-state index in [2.05, 4.69) is 10.6 Å². The summed E-state index contributed by atoms with van der Waals surface area (Å²) < 4.78 is 0. The van der Waals surface area contributed by atoms with Crippen molar-refractivity contribution in [2.24, 2.45) is 5.92 Å². The molecule has 170 valence electrons. The first kappa shape index (κ1) is 24.5. The first-order valence-corrected chi connectivity index (χ1v) is 10.2. The van der Waals surface area contributed by atoms with Crippen LogP contribution in [0.15, 0.2) is 42.5 Å². The SMILES string of the molecule is Cc1ccc(NC(=O)CNC(=O)CN(CC(C)C)C(=O)c2ccc(C)c([N+](=O)[O-])c2)cc1. The van der Waals surface area contributed by atoms with E-state index in [1.807, 2.05) is 32.9 Å². The van der Waals surface area contributed by atoms with Gasteiger partial charge in [0.05, 0.1) is 18.0 Å². The molecule has 0 aliphatic carbocycles. The van der Waals surface area contributed by atoms with Crippen LogP contribution in [0.2, 0.25) is 0 Å². The molecular weight excluding hydrogens is 412 g/mol. The van der Waals surface area contributed by atoms with Crippen molar-refractivity contribution in [3.63, 3.8) is 0 Å². The second kappa shape index (κ2) is 11.0. The molecule has 0 saturated carbocycles. The van der Waals surface area contributed by atoms with Gasteiger partial charge in [0.25, 0.3) is 11.6 Å². The van der Waals surface area contributed by atoms with E-state index in [9.17, 15) is 24.5 Å². The Morgan fingerprint density at radius 3 is 2.28 bits per heavy atom. The number of aryl methyl sites for hydroxylation is 2. The number of benzene rings is 2. The van der Waals surface area contributed by atoms with Crippen molar-refractivity contribution < 1.29 is 19.3 Å². The van der Waals surface area contributed by atoms with Crippen LogP contribution in [0, 0.1) is 29.9 Å². The van der Waals surface area contributed by atoms with E-state index >= 15 is 0 Å². The standard InChI is InChI=1S/C23H28N4O5/c1-15(2)13-26(23(30)18-8-7-17(4)20(11-18)27(31)32)14-22(29)24-12-21(28)25-19-9-5-16(3)6-10-19/h5-11,15H,12-14H2,1-4H3,(H,24,29)(H,25,28). The van der Waals surface area contributed by atoms with Gasteiger partial charge in [-0.2, -0.15) is 0 Å². The maximum Gasteiger partial charge on any atom is 0.273 e. The normalized spacial score (nSPS) is 10.5. The first-order valence-electron chi connectivity index (χ1n) is 10.2. The molecule has 0 aromatic heterocycles. The van der Waals surface area contributed by atoms with E-state index in [1.165, 1.54) is 23.1 Å². The Hall–Kier alpha value is -3.75.